The Hall–Kier alpha value is -2.08. The van der Waals surface area contributed by atoms with Crippen LogP contribution in [0.2, 0.25) is 15.1 Å². The fourth-order valence-electron chi connectivity index (χ4n) is 1.93. The van der Waals surface area contributed by atoms with Crippen LogP contribution in [0.4, 0.5) is 0 Å². The number of carbonyl (C=O) groups excluding carboxylic acids is 1. The van der Waals surface area contributed by atoms with Crippen LogP contribution in [0, 0.1) is 0 Å². The van der Waals surface area contributed by atoms with Crippen molar-refractivity contribution in [3.63, 3.8) is 0 Å². The van der Waals surface area contributed by atoms with E-state index in [2.05, 4.69) is 10.1 Å². The number of hydrogen-bond donors (Lipinski definition) is 0. The highest BCUT2D eigenvalue weighted by Crippen LogP contribution is 2.27. The SMILES string of the molecule is O=C(OCc1nc(-c2ccccc2Cl)no1)c1cccc(Cl)c1Cl. The van der Waals surface area contributed by atoms with E-state index >= 15 is 0 Å². The van der Waals surface area contributed by atoms with E-state index in [1.165, 1.54) is 6.07 Å². The topological polar surface area (TPSA) is 65.2 Å². The number of rotatable bonds is 4. The summed E-state index contributed by atoms with van der Waals surface area (Å²) in [7, 11) is 0. The molecule has 8 heteroatoms. The minimum absolute atomic E-state index is 0.131. The number of hydrogen-bond acceptors (Lipinski definition) is 5. The van der Waals surface area contributed by atoms with Crippen LogP contribution in [-0.2, 0) is 11.3 Å². The number of esters is 1. The van der Waals surface area contributed by atoms with Crippen molar-refractivity contribution < 1.29 is 14.1 Å². The van der Waals surface area contributed by atoms with Gasteiger partial charge in [0.15, 0.2) is 6.61 Å². The Morgan fingerprint density at radius 3 is 2.58 bits per heavy atom. The second kappa shape index (κ2) is 7.21. The van der Waals surface area contributed by atoms with Gasteiger partial charge < -0.3 is 9.26 Å². The van der Waals surface area contributed by atoms with Gasteiger partial charge in [0.05, 0.1) is 20.6 Å². The fourth-order valence-corrected chi connectivity index (χ4v) is 2.53. The Bertz CT molecular complexity index is 896. The van der Waals surface area contributed by atoms with Gasteiger partial charge in [0, 0.05) is 5.56 Å². The van der Waals surface area contributed by atoms with Gasteiger partial charge in [-0.15, -0.1) is 0 Å². The first-order valence-corrected chi connectivity index (χ1v) is 7.88. The van der Waals surface area contributed by atoms with Gasteiger partial charge >= 0.3 is 5.97 Å². The van der Waals surface area contributed by atoms with Gasteiger partial charge in [-0.3, -0.25) is 0 Å². The molecule has 0 fully saturated rings. The highest BCUT2D eigenvalue weighted by molar-refractivity contribution is 6.43. The smallest absolute Gasteiger partial charge is 0.340 e. The maximum atomic E-state index is 12.0. The molecule has 0 aliphatic carbocycles. The predicted octanol–water partition coefficient (Wildman–Crippen LogP) is 5.05. The van der Waals surface area contributed by atoms with E-state index < -0.39 is 5.97 Å². The molecule has 5 nitrogen and oxygen atoms in total. The van der Waals surface area contributed by atoms with Crippen molar-refractivity contribution in [2.75, 3.05) is 0 Å². The van der Waals surface area contributed by atoms with Gasteiger partial charge in [0.25, 0.3) is 5.89 Å². The summed E-state index contributed by atoms with van der Waals surface area (Å²) in [5.74, 6) is -0.191. The number of carbonyl (C=O) groups is 1. The molecule has 0 radical (unpaired) electrons. The lowest BCUT2D eigenvalue weighted by atomic mass is 10.2. The van der Waals surface area contributed by atoms with Crippen molar-refractivity contribution in [2.24, 2.45) is 0 Å². The lowest BCUT2D eigenvalue weighted by Gasteiger charge is -2.04. The summed E-state index contributed by atoms with van der Waals surface area (Å²) in [5, 5.41) is 4.71. The average molecular weight is 384 g/mol. The highest BCUT2D eigenvalue weighted by Gasteiger charge is 2.17. The molecule has 0 unspecified atom stereocenters. The molecule has 3 aromatic rings. The van der Waals surface area contributed by atoms with Crippen LogP contribution < -0.4 is 0 Å². The number of nitrogens with zero attached hydrogens (tertiary/aromatic N) is 2. The molecule has 1 aromatic heterocycles. The number of halogens is 3. The second-order valence-corrected chi connectivity index (χ2v) is 5.86. The van der Waals surface area contributed by atoms with Gasteiger partial charge in [-0.05, 0) is 24.3 Å². The van der Waals surface area contributed by atoms with Crippen molar-refractivity contribution in [3.05, 3.63) is 69.0 Å². The largest absolute Gasteiger partial charge is 0.452 e. The third kappa shape index (κ3) is 3.53. The summed E-state index contributed by atoms with van der Waals surface area (Å²) >= 11 is 17.9. The molecule has 0 N–H and O–H groups in total. The van der Waals surface area contributed by atoms with E-state index in [-0.39, 0.29) is 28.1 Å². The molecular formula is C16H9Cl3N2O3. The maximum Gasteiger partial charge on any atom is 0.340 e. The molecule has 0 atom stereocenters. The van der Waals surface area contributed by atoms with E-state index in [0.29, 0.717) is 16.4 Å². The van der Waals surface area contributed by atoms with Crippen LogP contribution in [-0.4, -0.2) is 16.1 Å². The molecule has 3 rings (SSSR count). The van der Waals surface area contributed by atoms with Crippen molar-refractivity contribution in [1.29, 1.82) is 0 Å². The number of ether oxygens (including phenoxy) is 1. The van der Waals surface area contributed by atoms with E-state index in [9.17, 15) is 4.79 Å². The van der Waals surface area contributed by atoms with Gasteiger partial charge in [0.1, 0.15) is 0 Å². The Labute approximate surface area is 152 Å². The van der Waals surface area contributed by atoms with Gasteiger partial charge in [-0.1, -0.05) is 58.2 Å². The van der Waals surface area contributed by atoms with E-state index in [0.717, 1.165) is 0 Å². The van der Waals surface area contributed by atoms with Gasteiger partial charge in [0.2, 0.25) is 5.82 Å². The lowest BCUT2D eigenvalue weighted by Crippen LogP contribution is -2.06. The van der Waals surface area contributed by atoms with Crippen molar-refractivity contribution in [3.8, 4) is 11.4 Å². The number of benzene rings is 2. The summed E-state index contributed by atoms with van der Waals surface area (Å²) in [5.41, 5.74) is 0.786. The third-order valence-electron chi connectivity index (χ3n) is 3.08. The van der Waals surface area contributed by atoms with Crippen LogP contribution in [0.5, 0.6) is 0 Å². The molecule has 2 aromatic carbocycles. The van der Waals surface area contributed by atoms with E-state index in [4.69, 9.17) is 44.1 Å². The molecule has 0 bridgehead atoms. The first-order chi connectivity index (χ1) is 11.6. The second-order valence-electron chi connectivity index (χ2n) is 4.67. The van der Waals surface area contributed by atoms with Crippen molar-refractivity contribution >= 4 is 40.8 Å². The van der Waals surface area contributed by atoms with Crippen molar-refractivity contribution in [1.82, 2.24) is 10.1 Å². The van der Waals surface area contributed by atoms with Crippen molar-refractivity contribution in [2.45, 2.75) is 6.61 Å². The lowest BCUT2D eigenvalue weighted by molar-refractivity contribution is 0.0430. The first-order valence-electron chi connectivity index (χ1n) is 6.75. The molecule has 24 heavy (non-hydrogen) atoms. The molecule has 0 aliphatic heterocycles. The molecular weight excluding hydrogens is 375 g/mol. The van der Waals surface area contributed by atoms with Crippen LogP contribution in [0.1, 0.15) is 16.2 Å². The quantitative estimate of drug-likeness (QED) is 0.590. The van der Waals surface area contributed by atoms with E-state index in [1.807, 2.05) is 0 Å². The van der Waals surface area contributed by atoms with Crippen LogP contribution >= 0.6 is 34.8 Å². The summed E-state index contributed by atoms with van der Waals surface area (Å²) in [6.07, 6.45) is 0. The van der Waals surface area contributed by atoms with Gasteiger partial charge in [-0.2, -0.15) is 4.98 Å². The van der Waals surface area contributed by atoms with Crippen LogP contribution in [0.3, 0.4) is 0 Å². The molecule has 0 spiro atoms. The minimum Gasteiger partial charge on any atom is -0.452 e. The zero-order valence-corrected chi connectivity index (χ0v) is 14.3. The number of aromatic nitrogens is 2. The standard InChI is InChI=1S/C16H9Cl3N2O3/c17-11-6-2-1-4-9(11)15-20-13(24-21-15)8-23-16(22)10-5-3-7-12(18)14(10)19/h1-7H,8H2. The Kier molecular flexibility index (Phi) is 5.04. The summed E-state index contributed by atoms with van der Waals surface area (Å²) < 4.78 is 10.2. The zero-order valence-electron chi connectivity index (χ0n) is 12.0. The molecule has 0 amide bonds. The van der Waals surface area contributed by atoms with Crippen LogP contribution in [0.15, 0.2) is 47.0 Å². The van der Waals surface area contributed by atoms with E-state index in [1.54, 1.807) is 36.4 Å². The zero-order chi connectivity index (χ0) is 17.1. The molecule has 0 saturated heterocycles. The van der Waals surface area contributed by atoms with Crippen LogP contribution in [0.25, 0.3) is 11.4 Å². The molecule has 0 aliphatic rings. The normalized spacial score (nSPS) is 10.6. The molecule has 0 saturated carbocycles. The Balaban J connectivity index is 1.71. The minimum atomic E-state index is -0.639. The fraction of sp³-hybridized carbons (Fsp3) is 0.0625. The summed E-state index contributed by atoms with van der Waals surface area (Å²) in [6.45, 7) is -0.195. The third-order valence-corrected chi connectivity index (χ3v) is 4.23. The van der Waals surface area contributed by atoms with Gasteiger partial charge in [-0.25, -0.2) is 4.79 Å². The molecule has 122 valence electrons. The maximum absolute atomic E-state index is 12.0. The Morgan fingerprint density at radius 1 is 1.04 bits per heavy atom. The monoisotopic (exact) mass is 382 g/mol. The predicted molar refractivity (Wildman–Crippen MR) is 90.3 cm³/mol. The molecule has 1 heterocycles. The summed E-state index contributed by atoms with van der Waals surface area (Å²) in [4.78, 5) is 16.2. The Morgan fingerprint density at radius 2 is 1.79 bits per heavy atom. The highest BCUT2D eigenvalue weighted by atomic mass is 35.5. The first kappa shape index (κ1) is 16.8. The average Bonchev–Trinajstić information content (AvgIpc) is 3.04. The summed E-state index contributed by atoms with van der Waals surface area (Å²) in [6, 6.07) is 11.8.